The van der Waals surface area contributed by atoms with Crippen LogP contribution >= 0.6 is 0 Å². The molecule has 2 rings (SSSR count). The van der Waals surface area contributed by atoms with Crippen LogP contribution in [0.15, 0.2) is 41.2 Å². The van der Waals surface area contributed by atoms with Gasteiger partial charge in [0, 0.05) is 17.7 Å². The number of carbonyl (C=O) groups excluding carboxylic acids is 1. The quantitative estimate of drug-likeness (QED) is 0.836. The molecule has 4 heteroatoms. The van der Waals surface area contributed by atoms with Crippen LogP contribution in [-0.4, -0.2) is 17.6 Å². The zero-order valence-electron chi connectivity index (χ0n) is 11.1. The molecule has 0 saturated carbocycles. The van der Waals surface area contributed by atoms with E-state index in [0.29, 0.717) is 17.7 Å². The zero-order valence-corrected chi connectivity index (χ0v) is 11.1. The van der Waals surface area contributed by atoms with Crippen LogP contribution in [0.25, 0.3) is 0 Å². The first-order valence-electron chi connectivity index (χ1n) is 6.20. The van der Waals surface area contributed by atoms with Crippen molar-refractivity contribution >= 4 is 5.91 Å². The van der Waals surface area contributed by atoms with Crippen molar-refractivity contribution in [1.82, 2.24) is 5.32 Å². The molecular formula is C16H15NO3. The van der Waals surface area contributed by atoms with Gasteiger partial charge in [0.05, 0.1) is 18.1 Å². The maximum Gasteiger partial charge on any atom is 0.252 e. The fourth-order valence-electron chi connectivity index (χ4n) is 1.76. The van der Waals surface area contributed by atoms with Gasteiger partial charge >= 0.3 is 0 Å². The summed E-state index contributed by atoms with van der Waals surface area (Å²) >= 11 is 0. The lowest BCUT2D eigenvalue weighted by molar-refractivity contribution is 0.0950. The van der Waals surface area contributed by atoms with Gasteiger partial charge in [-0.1, -0.05) is 23.5 Å². The number of aliphatic hydroxyl groups excluding tert-OH is 1. The second-order valence-electron chi connectivity index (χ2n) is 4.32. The minimum Gasteiger partial charge on any atom is -0.472 e. The van der Waals surface area contributed by atoms with E-state index in [0.717, 1.165) is 11.1 Å². The van der Waals surface area contributed by atoms with E-state index in [4.69, 9.17) is 9.52 Å². The van der Waals surface area contributed by atoms with E-state index >= 15 is 0 Å². The third-order valence-electron chi connectivity index (χ3n) is 2.75. The van der Waals surface area contributed by atoms with Crippen molar-refractivity contribution in [3.05, 3.63) is 59.0 Å². The van der Waals surface area contributed by atoms with E-state index in [1.807, 2.05) is 13.0 Å². The van der Waals surface area contributed by atoms with Crippen LogP contribution < -0.4 is 5.32 Å². The number of hydrogen-bond acceptors (Lipinski definition) is 3. The molecule has 0 spiro atoms. The molecule has 20 heavy (non-hydrogen) atoms. The van der Waals surface area contributed by atoms with Gasteiger partial charge in [-0.3, -0.25) is 4.79 Å². The lowest BCUT2D eigenvalue weighted by atomic mass is 10.0. The Morgan fingerprint density at radius 2 is 2.25 bits per heavy atom. The topological polar surface area (TPSA) is 62.5 Å². The Hall–Kier alpha value is -2.51. The summed E-state index contributed by atoms with van der Waals surface area (Å²) in [4.78, 5) is 12.2. The number of rotatable bonds is 3. The fourth-order valence-corrected chi connectivity index (χ4v) is 1.76. The first kappa shape index (κ1) is 13.9. The Morgan fingerprint density at radius 1 is 1.40 bits per heavy atom. The van der Waals surface area contributed by atoms with Gasteiger partial charge in [-0.05, 0) is 25.1 Å². The van der Waals surface area contributed by atoms with Crippen molar-refractivity contribution in [1.29, 1.82) is 0 Å². The molecule has 0 aliphatic heterocycles. The minimum atomic E-state index is -0.232. The third kappa shape index (κ3) is 3.50. The van der Waals surface area contributed by atoms with Crippen LogP contribution in [0.5, 0.6) is 0 Å². The minimum absolute atomic E-state index is 0.197. The Balaban J connectivity index is 2.17. The van der Waals surface area contributed by atoms with Crippen LogP contribution in [0, 0.1) is 18.8 Å². The summed E-state index contributed by atoms with van der Waals surface area (Å²) < 4.78 is 4.95. The number of amides is 1. The average Bonchev–Trinajstić information content (AvgIpc) is 2.96. The zero-order chi connectivity index (χ0) is 14.4. The number of carbonyl (C=O) groups is 1. The molecule has 1 amide bonds. The number of aliphatic hydroxyl groups is 1. The molecular weight excluding hydrogens is 254 g/mol. The molecule has 0 radical (unpaired) electrons. The molecule has 0 aliphatic carbocycles. The lowest BCUT2D eigenvalue weighted by Gasteiger charge is -2.07. The Labute approximate surface area is 117 Å². The highest BCUT2D eigenvalue weighted by molar-refractivity contribution is 5.96. The van der Waals surface area contributed by atoms with Crippen LogP contribution in [0.2, 0.25) is 0 Å². The van der Waals surface area contributed by atoms with Crippen LogP contribution in [-0.2, 0) is 6.54 Å². The molecule has 4 nitrogen and oxygen atoms in total. The maximum absolute atomic E-state index is 12.2. The van der Waals surface area contributed by atoms with E-state index < -0.39 is 0 Å². The first-order chi connectivity index (χ1) is 9.70. The van der Waals surface area contributed by atoms with Gasteiger partial charge in [0.2, 0.25) is 0 Å². The van der Waals surface area contributed by atoms with Gasteiger partial charge in [0.15, 0.2) is 0 Å². The summed E-state index contributed by atoms with van der Waals surface area (Å²) in [5, 5.41) is 11.6. The van der Waals surface area contributed by atoms with Crippen molar-refractivity contribution in [3.63, 3.8) is 0 Å². The smallest absolute Gasteiger partial charge is 0.252 e. The normalized spacial score (nSPS) is 9.70. The molecule has 1 heterocycles. The molecule has 1 aromatic carbocycles. The monoisotopic (exact) mass is 269 g/mol. The number of furan rings is 1. The van der Waals surface area contributed by atoms with Crippen molar-refractivity contribution in [3.8, 4) is 11.8 Å². The van der Waals surface area contributed by atoms with Crippen molar-refractivity contribution in [2.24, 2.45) is 0 Å². The molecule has 0 fully saturated rings. The SMILES string of the molecule is Cc1ccc(C#CCO)c(C(=O)NCc2ccoc2)c1. The summed E-state index contributed by atoms with van der Waals surface area (Å²) in [5.41, 5.74) is 2.99. The molecule has 1 aromatic heterocycles. The molecule has 0 bridgehead atoms. The number of aryl methyl sites for hydroxylation is 1. The predicted octanol–water partition coefficient (Wildman–Crippen LogP) is 1.86. The van der Waals surface area contributed by atoms with Crippen molar-refractivity contribution < 1.29 is 14.3 Å². The maximum atomic E-state index is 12.2. The van der Waals surface area contributed by atoms with Gasteiger partial charge in [0.25, 0.3) is 5.91 Å². The Morgan fingerprint density at radius 3 is 2.95 bits per heavy atom. The molecule has 102 valence electrons. The molecule has 2 N–H and O–H groups in total. The second kappa shape index (κ2) is 6.60. The first-order valence-corrected chi connectivity index (χ1v) is 6.20. The standard InChI is InChI=1S/C16H15NO3/c1-12-4-5-14(3-2-7-18)15(9-12)16(19)17-10-13-6-8-20-11-13/h4-6,8-9,11,18H,7,10H2,1H3,(H,17,19). The van der Waals surface area contributed by atoms with Crippen LogP contribution in [0.3, 0.4) is 0 Å². The number of hydrogen-bond donors (Lipinski definition) is 2. The number of nitrogens with one attached hydrogen (secondary N) is 1. The average molecular weight is 269 g/mol. The highest BCUT2D eigenvalue weighted by Crippen LogP contribution is 2.11. The molecule has 2 aromatic rings. The third-order valence-corrected chi connectivity index (χ3v) is 2.75. The molecule has 0 unspecified atom stereocenters. The van der Waals surface area contributed by atoms with E-state index in [1.54, 1.807) is 30.7 Å². The van der Waals surface area contributed by atoms with Crippen LogP contribution in [0.1, 0.15) is 27.0 Å². The highest BCUT2D eigenvalue weighted by Gasteiger charge is 2.10. The van der Waals surface area contributed by atoms with Gasteiger partial charge in [-0.25, -0.2) is 0 Å². The lowest BCUT2D eigenvalue weighted by Crippen LogP contribution is -2.23. The van der Waals surface area contributed by atoms with Crippen molar-refractivity contribution in [2.45, 2.75) is 13.5 Å². The van der Waals surface area contributed by atoms with Crippen LogP contribution in [0.4, 0.5) is 0 Å². The van der Waals surface area contributed by atoms with Gasteiger partial charge in [-0.15, -0.1) is 0 Å². The number of benzene rings is 1. The van der Waals surface area contributed by atoms with E-state index in [2.05, 4.69) is 17.2 Å². The predicted molar refractivity (Wildman–Crippen MR) is 75.0 cm³/mol. The van der Waals surface area contributed by atoms with E-state index in [-0.39, 0.29) is 12.5 Å². The largest absolute Gasteiger partial charge is 0.472 e. The van der Waals surface area contributed by atoms with Gasteiger partial charge in [0.1, 0.15) is 6.61 Å². The summed E-state index contributed by atoms with van der Waals surface area (Å²) in [5.74, 6) is 5.15. The molecule has 0 aliphatic rings. The summed E-state index contributed by atoms with van der Waals surface area (Å²) in [6.07, 6.45) is 3.15. The Kier molecular flexibility index (Phi) is 4.59. The molecule has 0 atom stereocenters. The molecule has 0 saturated heterocycles. The van der Waals surface area contributed by atoms with E-state index in [9.17, 15) is 4.79 Å². The summed E-state index contributed by atoms with van der Waals surface area (Å²) in [6.45, 7) is 2.08. The van der Waals surface area contributed by atoms with Crippen molar-refractivity contribution in [2.75, 3.05) is 6.61 Å². The summed E-state index contributed by atoms with van der Waals surface area (Å²) in [7, 11) is 0. The van der Waals surface area contributed by atoms with E-state index in [1.165, 1.54) is 0 Å². The highest BCUT2D eigenvalue weighted by atomic mass is 16.3. The summed E-state index contributed by atoms with van der Waals surface area (Å²) in [6, 6.07) is 7.24. The van der Waals surface area contributed by atoms with Gasteiger partial charge < -0.3 is 14.8 Å². The Bertz CT molecular complexity index is 648. The second-order valence-corrected chi connectivity index (χ2v) is 4.32. The van der Waals surface area contributed by atoms with Gasteiger partial charge in [-0.2, -0.15) is 0 Å². The fraction of sp³-hybridized carbons (Fsp3) is 0.188.